The molecule has 104 valence electrons. The fourth-order valence-corrected chi connectivity index (χ4v) is 6.11. The van der Waals surface area contributed by atoms with Crippen LogP contribution in [0.2, 0.25) is 0 Å². The Hall–Kier alpha value is -0.590. The molecule has 3 saturated carbocycles. The normalized spacial score (nSPS) is 49.1. The topological polar surface area (TPSA) is 17.1 Å². The minimum atomic E-state index is 0.448. The van der Waals surface area contributed by atoms with Gasteiger partial charge in [0.2, 0.25) is 0 Å². The molecule has 5 atom stereocenters. The summed E-state index contributed by atoms with van der Waals surface area (Å²) >= 11 is 0. The molecule has 5 unspecified atom stereocenters. The Kier molecular flexibility index (Phi) is 2.69. The highest BCUT2D eigenvalue weighted by molar-refractivity contribution is 5.83. The Morgan fingerprint density at radius 2 is 2.00 bits per heavy atom. The Labute approximate surface area is 116 Å². The van der Waals surface area contributed by atoms with Crippen molar-refractivity contribution in [2.24, 2.45) is 29.1 Å². The van der Waals surface area contributed by atoms with E-state index in [0.29, 0.717) is 17.1 Å². The van der Waals surface area contributed by atoms with Crippen molar-refractivity contribution in [3.05, 3.63) is 11.6 Å². The van der Waals surface area contributed by atoms with E-state index in [1.165, 1.54) is 51.4 Å². The lowest BCUT2D eigenvalue weighted by Gasteiger charge is -2.54. The molecule has 0 aromatic heterocycles. The zero-order valence-corrected chi connectivity index (χ0v) is 12.2. The Balaban J connectivity index is 1.68. The Morgan fingerprint density at radius 1 is 1.11 bits per heavy atom. The molecule has 0 saturated heterocycles. The van der Waals surface area contributed by atoms with Crippen LogP contribution in [0.1, 0.15) is 64.7 Å². The van der Waals surface area contributed by atoms with Gasteiger partial charge in [-0.05, 0) is 68.1 Å². The van der Waals surface area contributed by atoms with Crippen LogP contribution in [0.5, 0.6) is 0 Å². The molecule has 19 heavy (non-hydrogen) atoms. The van der Waals surface area contributed by atoms with Crippen LogP contribution in [0.15, 0.2) is 11.6 Å². The lowest BCUT2D eigenvalue weighted by Crippen LogP contribution is -2.46. The first-order valence-corrected chi connectivity index (χ1v) is 8.42. The van der Waals surface area contributed by atoms with Gasteiger partial charge >= 0.3 is 0 Å². The minimum Gasteiger partial charge on any atom is -0.299 e. The van der Waals surface area contributed by atoms with E-state index < -0.39 is 0 Å². The van der Waals surface area contributed by atoms with Crippen molar-refractivity contribution in [3.8, 4) is 0 Å². The summed E-state index contributed by atoms with van der Waals surface area (Å²) in [7, 11) is 0. The van der Waals surface area contributed by atoms with E-state index in [1.807, 2.05) is 0 Å². The van der Waals surface area contributed by atoms with E-state index in [0.717, 1.165) is 24.2 Å². The summed E-state index contributed by atoms with van der Waals surface area (Å²) in [5.74, 6) is 3.50. The van der Waals surface area contributed by atoms with E-state index in [1.54, 1.807) is 5.57 Å². The van der Waals surface area contributed by atoms with Crippen molar-refractivity contribution < 1.29 is 4.79 Å². The van der Waals surface area contributed by atoms with E-state index in [2.05, 4.69) is 13.0 Å². The number of carbonyl (C=O) groups is 1. The molecule has 0 spiro atoms. The predicted molar refractivity (Wildman–Crippen MR) is 76.7 cm³/mol. The molecule has 0 aliphatic heterocycles. The quantitative estimate of drug-likeness (QED) is 0.584. The first kappa shape index (κ1) is 12.2. The third-order valence-corrected chi connectivity index (χ3v) is 7.09. The molecular weight excluding hydrogens is 232 g/mol. The molecule has 0 heterocycles. The minimum absolute atomic E-state index is 0.448. The SMILES string of the molecule is CC12CCCCC1=CCC1C3CCC(=O)C3CCC12. The predicted octanol–water partition coefficient (Wildman–Crippen LogP) is 4.52. The summed E-state index contributed by atoms with van der Waals surface area (Å²) in [4.78, 5) is 12.0. The zero-order chi connectivity index (χ0) is 13.0. The average molecular weight is 258 g/mol. The molecule has 0 N–H and O–H groups in total. The number of fused-ring (bicyclic) bond motifs is 5. The lowest BCUT2D eigenvalue weighted by molar-refractivity contribution is -0.123. The van der Waals surface area contributed by atoms with Crippen LogP contribution in [-0.4, -0.2) is 5.78 Å². The standard InChI is InChI=1S/C18H26O/c1-18-11-3-2-4-12(18)5-6-14-13-8-10-17(19)15(13)7-9-16(14)18/h5,13-16H,2-4,6-11H2,1H3. The van der Waals surface area contributed by atoms with Crippen LogP contribution >= 0.6 is 0 Å². The first-order valence-electron chi connectivity index (χ1n) is 8.42. The Morgan fingerprint density at radius 3 is 2.89 bits per heavy atom. The van der Waals surface area contributed by atoms with Crippen molar-refractivity contribution in [2.75, 3.05) is 0 Å². The number of allylic oxidation sites excluding steroid dienone is 2. The summed E-state index contributed by atoms with van der Waals surface area (Å²) in [6.07, 6.45) is 14.1. The average Bonchev–Trinajstić information content (AvgIpc) is 2.80. The van der Waals surface area contributed by atoms with Gasteiger partial charge in [0.05, 0.1) is 0 Å². The fraction of sp³-hybridized carbons (Fsp3) is 0.833. The van der Waals surface area contributed by atoms with Gasteiger partial charge in [-0.25, -0.2) is 0 Å². The highest BCUT2D eigenvalue weighted by Crippen LogP contribution is 2.60. The zero-order valence-electron chi connectivity index (χ0n) is 12.2. The van der Waals surface area contributed by atoms with E-state index in [9.17, 15) is 4.79 Å². The van der Waals surface area contributed by atoms with Gasteiger partial charge in [0.1, 0.15) is 5.78 Å². The molecule has 4 rings (SSSR count). The summed E-state index contributed by atoms with van der Waals surface area (Å²) in [5, 5.41) is 0. The van der Waals surface area contributed by atoms with Crippen LogP contribution in [0.4, 0.5) is 0 Å². The van der Waals surface area contributed by atoms with Gasteiger partial charge in [-0.2, -0.15) is 0 Å². The van der Waals surface area contributed by atoms with Crippen LogP contribution < -0.4 is 0 Å². The van der Waals surface area contributed by atoms with Gasteiger partial charge in [0.25, 0.3) is 0 Å². The second kappa shape index (κ2) is 4.20. The van der Waals surface area contributed by atoms with E-state index >= 15 is 0 Å². The van der Waals surface area contributed by atoms with Crippen molar-refractivity contribution in [3.63, 3.8) is 0 Å². The van der Waals surface area contributed by atoms with Gasteiger partial charge in [-0.1, -0.05) is 25.0 Å². The first-order chi connectivity index (χ1) is 9.20. The number of hydrogen-bond donors (Lipinski definition) is 0. The highest BCUT2D eigenvalue weighted by Gasteiger charge is 2.53. The number of hydrogen-bond acceptors (Lipinski definition) is 1. The van der Waals surface area contributed by atoms with Gasteiger partial charge in [-0.3, -0.25) is 4.79 Å². The molecule has 0 amide bonds. The molecule has 0 aromatic carbocycles. The number of carbonyl (C=O) groups excluding carboxylic acids is 1. The lowest BCUT2D eigenvalue weighted by atomic mass is 9.51. The van der Waals surface area contributed by atoms with Crippen LogP contribution in [-0.2, 0) is 4.79 Å². The highest BCUT2D eigenvalue weighted by atomic mass is 16.1. The maximum absolute atomic E-state index is 12.0. The third-order valence-electron chi connectivity index (χ3n) is 7.09. The van der Waals surface area contributed by atoms with Crippen molar-refractivity contribution in [1.29, 1.82) is 0 Å². The van der Waals surface area contributed by atoms with Crippen LogP contribution in [0.3, 0.4) is 0 Å². The number of ketones is 1. The van der Waals surface area contributed by atoms with Crippen molar-refractivity contribution in [1.82, 2.24) is 0 Å². The smallest absolute Gasteiger partial charge is 0.136 e. The van der Waals surface area contributed by atoms with Crippen molar-refractivity contribution >= 4 is 5.78 Å². The maximum Gasteiger partial charge on any atom is 0.136 e. The molecule has 1 nitrogen and oxygen atoms in total. The molecular formula is C18H26O. The van der Waals surface area contributed by atoms with E-state index in [-0.39, 0.29) is 0 Å². The third kappa shape index (κ3) is 1.63. The van der Waals surface area contributed by atoms with Crippen LogP contribution in [0.25, 0.3) is 0 Å². The summed E-state index contributed by atoms with van der Waals surface area (Å²) in [6, 6.07) is 0. The van der Waals surface area contributed by atoms with E-state index in [4.69, 9.17) is 0 Å². The van der Waals surface area contributed by atoms with Gasteiger partial charge in [0.15, 0.2) is 0 Å². The maximum atomic E-state index is 12.0. The largest absolute Gasteiger partial charge is 0.299 e. The second-order valence-electron chi connectivity index (χ2n) is 7.71. The molecule has 4 aliphatic carbocycles. The number of Topliss-reactive ketones (excluding diaryl/α,β-unsaturated/α-hetero) is 1. The summed E-state index contributed by atoms with van der Waals surface area (Å²) < 4.78 is 0. The summed E-state index contributed by atoms with van der Waals surface area (Å²) in [6.45, 7) is 2.55. The van der Waals surface area contributed by atoms with Gasteiger partial charge in [0, 0.05) is 12.3 Å². The molecule has 3 fully saturated rings. The van der Waals surface area contributed by atoms with Crippen LogP contribution in [0, 0.1) is 29.1 Å². The fourth-order valence-electron chi connectivity index (χ4n) is 6.11. The molecule has 0 bridgehead atoms. The van der Waals surface area contributed by atoms with Gasteiger partial charge in [-0.15, -0.1) is 0 Å². The monoisotopic (exact) mass is 258 g/mol. The molecule has 1 heteroatoms. The molecule has 0 aromatic rings. The van der Waals surface area contributed by atoms with Crippen molar-refractivity contribution in [2.45, 2.75) is 64.7 Å². The molecule has 0 radical (unpaired) electrons. The summed E-state index contributed by atoms with van der Waals surface area (Å²) in [5.41, 5.74) is 2.28. The Bertz CT molecular complexity index is 435. The second-order valence-corrected chi connectivity index (χ2v) is 7.71. The molecule has 4 aliphatic rings. The van der Waals surface area contributed by atoms with Gasteiger partial charge < -0.3 is 0 Å². The number of rotatable bonds is 0.